The molecule has 0 atom stereocenters. The van der Waals surface area contributed by atoms with Crippen molar-refractivity contribution >= 4 is 11.6 Å². The molecule has 26 heavy (non-hydrogen) atoms. The van der Waals surface area contributed by atoms with Gasteiger partial charge >= 0.3 is 11.2 Å². The van der Waals surface area contributed by atoms with Gasteiger partial charge in [0.15, 0.2) is 5.69 Å². The van der Waals surface area contributed by atoms with E-state index in [1.807, 2.05) is 0 Å². The Labute approximate surface area is 148 Å². The van der Waals surface area contributed by atoms with Crippen molar-refractivity contribution in [1.29, 1.82) is 0 Å². The first-order valence-electron chi connectivity index (χ1n) is 7.17. The van der Waals surface area contributed by atoms with E-state index < -0.39 is 33.7 Å². The average molecular weight is 380 g/mol. The standard InChI is InChI=1S/C15H11ClFN5O4/c1-20-14(25)12(23)8(6-18-20)11-13(24)22(15(26)21(2)19-11)7-3-4-10(17)9(16)5-7/h3-6,18H,1-2H3. The maximum absolute atomic E-state index is 13.4. The molecule has 0 saturated heterocycles. The van der Waals surface area contributed by atoms with E-state index in [1.165, 1.54) is 20.2 Å². The van der Waals surface area contributed by atoms with Gasteiger partial charge in [0.25, 0.3) is 11.0 Å². The molecule has 2 aromatic heterocycles. The van der Waals surface area contributed by atoms with Gasteiger partial charge in [0.2, 0.25) is 0 Å². The molecule has 0 saturated carbocycles. The fourth-order valence-electron chi connectivity index (χ4n) is 2.32. The summed E-state index contributed by atoms with van der Waals surface area (Å²) in [6.45, 7) is 0. The van der Waals surface area contributed by atoms with Crippen molar-refractivity contribution in [3.05, 3.63) is 76.7 Å². The summed E-state index contributed by atoms with van der Waals surface area (Å²) in [5, 5.41) is 6.01. The molecular weight excluding hydrogens is 369 g/mol. The highest BCUT2D eigenvalue weighted by atomic mass is 35.5. The predicted octanol–water partition coefficient (Wildman–Crippen LogP) is -0.222. The molecule has 9 nitrogen and oxygen atoms in total. The summed E-state index contributed by atoms with van der Waals surface area (Å²) in [6, 6.07) is 3.27. The lowest BCUT2D eigenvalue weighted by atomic mass is 10.2. The lowest BCUT2D eigenvalue weighted by Crippen LogP contribution is -2.42. The van der Waals surface area contributed by atoms with E-state index >= 15 is 0 Å². The third-order valence-electron chi connectivity index (χ3n) is 3.69. The molecule has 11 heteroatoms. The zero-order valence-electron chi connectivity index (χ0n) is 13.5. The molecule has 0 spiro atoms. The summed E-state index contributed by atoms with van der Waals surface area (Å²) in [5.41, 5.74) is -4.35. The van der Waals surface area contributed by atoms with Gasteiger partial charge in [-0.15, -0.1) is 0 Å². The van der Waals surface area contributed by atoms with Crippen LogP contribution in [0.25, 0.3) is 16.9 Å². The van der Waals surface area contributed by atoms with Crippen LogP contribution in [0.5, 0.6) is 0 Å². The number of halogens is 2. The van der Waals surface area contributed by atoms with Crippen molar-refractivity contribution in [2.45, 2.75) is 0 Å². The van der Waals surface area contributed by atoms with Crippen LogP contribution < -0.4 is 22.2 Å². The Morgan fingerprint density at radius 3 is 2.46 bits per heavy atom. The SMILES string of the molecule is Cn1nc(-c2c[nH]n(C)c(=O)c2=O)c(=O)n(-c2ccc(F)c(Cl)c2)c1=O. The van der Waals surface area contributed by atoms with E-state index in [0.29, 0.717) is 4.57 Å². The Morgan fingerprint density at radius 1 is 1.12 bits per heavy atom. The Balaban J connectivity index is 2.40. The topological polar surface area (TPSA) is 112 Å². The third kappa shape index (κ3) is 2.69. The molecule has 0 unspecified atom stereocenters. The minimum atomic E-state index is -0.960. The molecule has 3 aromatic rings. The normalized spacial score (nSPS) is 10.9. The number of H-pyrrole nitrogens is 1. The Bertz CT molecular complexity index is 1270. The second kappa shape index (κ2) is 6.23. The van der Waals surface area contributed by atoms with Crippen LogP contribution in [0, 0.1) is 5.82 Å². The maximum Gasteiger partial charge on any atom is 0.351 e. The van der Waals surface area contributed by atoms with Crippen molar-refractivity contribution in [2.24, 2.45) is 14.1 Å². The van der Waals surface area contributed by atoms with Gasteiger partial charge in [-0.1, -0.05) is 11.6 Å². The zero-order valence-corrected chi connectivity index (χ0v) is 14.2. The van der Waals surface area contributed by atoms with Gasteiger partial charge in [-0.25, -0.2) is 18.4 Å². The predicted molar refractivity (Wildman–Crippen MR) is 91.3 cm³/mol. The van der Waals surface area contributed by atoms with Crippen molar-refractivity contribution in [1.82, 2.24) is 24.1 Å². The average Bonchev–Trinajstić information content (AvgIpc) is 2.60. The van der Waals surface area contributed by atoms with Gasteiger partial charge in [0.05, 0.1) is 16.3 Å². The highest BCUT2D eigenvalue weighted by molar-refractivity contribution is 6.30. The molecule has 134 valence electrons. The largest absolute Gasteiger partial charge is 0.351 e. The van der Waals surface area contributed by atoms with E-state index in [1.54, 1.807) is 0 Å². The van der Waals surface area contributed by atoms with Gasteiger partial charge in [-0.3, -0.25) is 19.1 Å². The van der Waals surface area contributed by atoms with Crippen molar-refractivity contribution in [3.8, 4) is 16.9 Å². The van der Waals surface area contributed by atoms with Crippen LogP contribution in [-0.4, -0.2) is 24.1 Å². The van der Waals surface area contributed by atoms with Crippen LogP contribution in [-0.2, 0) is 14.1 Å². The number of aromatic nitrogens is 5. The number of hydrogen-bond donors (Lipinski definition) is 1. The molecule has 0 aliphatic rings. The molecule has 0 fully saturated rings. The van der Waals surface area contributed by atoms with Crippen LogP contribution in [0.1, 0.15) is 0 Å². The first kappa shape index (κ1) is 17.5. The van der Waals surface area contributed by atoms with E-state index in [2.05, 4.69) is 10.2 Å². The van der Waals surface area contributed by atoms with E-state index in [9.17, 15) is 23.6 Å². The van der Waals surface area contributed by atoms with Crippen LogP contribution >= 0.6 is 11.6 Å². The summed E-state index contributed by atoms with van der Waals surface area (Å²) >= 11 is 5.71. The van der Waals surface area contributed by atoms with Gasteiger partial charge in [-0.2, -0.15) is 5.10 Å². The van der Waals surface area contributed by atoms with Gasteiger partial charge < -0.3 is 5.10 Å². The van der Waals surface area contributed by atoms with Crippen LogP contribution in [0.2, 0.25) is 5.02 Å². The molecule has 0 bridgehead atoms. The first-order valence-corrected chi connectivity index (χ1v) is 7.55. The van der Waals surface area contributed by atoms with Crippen molar-refractivity contribution in [2.75, 3.05) is 0 Å². The lowest BCUT2D eigenvalue weighted by Gasteiger charge is -2.10. The second-order valence-corrected chi connectivity index (χ2v) is 5.78. The first-order chi connectivity index (χ1) is 12.2. The lowest BCUT2D eigenvalue weighted by molar-refractivity contribution is 0.622. The van der Waals surface area contributed by atoms with Crippen LogP contribution in [0.15, 0.2) is 43.6 Å². The number of rotatable bonds is 2. The molecule has 3 rings (SSSR count). The molecule has 0 aliphatic heterocycles. The van der Waals surface area contributed by atoms with E-state index in [-0.39, 0.29) is 16.3 Å². The summed E-state index contributed by atoms with van der Waals surface area (Å²) in [4.78, 5) is 49.1. The van der Waals surface area contributed by atoms with Crippen molar-refractivity contribution < 1.29 is 4.39 Å². The zero-order chi connectivity index (χ0) is 19.2. The number of aryl methyl sites for hydroxylation is 2. The number of benzene rings is 1. The third-order valence-corrected chi connectivity index (χ3v) is 3.98. The maximum atomic E-state index is 13.4. The Kier molecular flexibility index (Phi) is 4.20. The van der Waals surface area contributed by atoms with E-state index in [0.717, 1.165) is 27.7 Å². The Hall–Kier alpha value is -3.27. The van der Waals surface area contributed by atoms with Gasteiger partial charge in [0.1, 0.15) is 5.82 Å². The van der Waals surface area contributed by atoms with Crippen LogP contribution in [0.4, 0.5) is 4.39 Å². The minimum Gasteiger partial charge on any atom is -0.302 e. The quantitative estimate of drug-likeness (QED) is 0.618. The molecule has 2 heterocycles. The number of nitrogens with zero attached hydrogens (tertiary/aromatic N) is 4. The summed E-state index contributed by atoms with van der Waals surface area (Å²) < 4.78 is 15.8. The van der Waals surface area contributed by atoms with Crippen LogP contribution in [0.3, 0.4) is 0 Å². The summed E-state index contributed by atoms with van der Waals surface area (Å²) in [6.07, 6.45) is 1.14. The molecule has 0 radical (unpaired) electrons. The number of nitrogens with one attached hydrogen (secondary N) is 1. The van der Waals surface area contributed by atoms with Crippen molar-refractivity contribution in [3.63, 3.8) is 0 Å². The molecular formula is C15H11ClFN5O4. The number of aromatic amines is 1. The highest BCUT2D eigenvalue weighted by Gasteiger charge is 2.19. The summed E-state index contributed by atoms with van der Waals surface area (Å²) in [5.74, 6) is -0.724. The monoisotopic (exact) mass is 379 g/mol. The number of hydrogen-bond acceptors (Lipinski definition) is 5. The fraction of sp³-hybridized carbons (Fsp3) is 0.133. The highest BCUT2D eigenvalue weighted by Crippen LogP contribution is 2.17. The Morgan fingerprint density at radius 2 is 1.81 bits per heavy atom. The van der Waals surface area contributed by atoms with Gasteiger partial charge in [0, 0.05) is 20.3 Å². The summed E-state index contributed by atoms with van der Waals surface area (Å²) in [7, 11) is 2.60. The molecule has 1 aromatic carbocycles. The fourth-order valence-corrected chi connectivity index (χ4v) is 2.50. The molecule has 0 aliphatic carbocycles. The van der Waals surface area contributed by atoms with Gasteiger partial charge in [-0.05, 0) is 18.2 Å². The molecule has 1 N–H and O–H groups in total. The van der Waals surface area contributed by atoms with E-state index in [4.69, 9.17) is 11.6 Å². The second-order valence-electron chi connectivity index (χ2n) is 5.37. The smallest absolute Gasteiger partial charge is 0.302 e. The molecule has 0 amide bonds. The minimum absolute atomic E-state index is 0.00841.